The third-order valence-electron chi connectivity index (χ3n) is 5.29. The van der Waals surface area contributed by atoms with E-state index in [4.69, 9.17) is 4.74 Å². The van der Waals surface area contributed by atoms with Crippen molar-refractivity contribution in [1.82, 2.24) is 4.90 Å². The number of amides is 2. The summed E-state index contributed by atoms with van der Waals surface area (Å²) in [5.74, 6) is 0.436. The summed E-state index contributed by atoms with van der Waals surface area (Å²) in [6.45, 7) is 7.69. The molecule has 0 radical (unpaired) electrons. The molecule has 3 rings (SSSR count). The fraction of sp³-hybridized carbons (Fsp3) is 0.259. The number of nitrogens with zero attached hydrogens (tertiary/aromatic N) is 1. The summed E-state index contributed by atoms with van der Waals surface area (Å²) in [6.07, 6.45) is -0.651. The maximum atomic E-state index is 13.5. The van der Waals surface area contributed by atoms with E-state index in [0.717, 1.165) is 16.7 Å². The molecule has 1 N–H and O–H groups in total. The average molecular weight is 431 g/mol. The van der Waals surface area contributed by atoms with Gasteiger partial charge in [0.05, 0.1) is 6.04 Å². The van der Waals surface area contributed by atoms with Crippen LogP contribution in [0.3, 0.4) is 0 Å². The summed E-state index contributed by atoms with van der Waals surface area (Å²) in [5, 5.41) is 2.81. The zero-order valence-electron chi connectivity index (χ0n) is 19.0. The Bertz CT molecular complexity index is 1070. The fourth-order valence-electron chi connectivity index (χ4n) is 3.62. The Morgan fingerprint density at radius 2 is 1.66 bits per heavy atom. The van der Waals surface area contributed by atoms with Crippen molar-refractivity contribution in [3.8, 4) is 5.75 Å². The highest BCUT2D eigenvalue weighted by molar-refractivity contribution is 5.88. The van der Waals surface area contributed by atoms with E-state index < -0.39 is 6.10 Å². The Morgan fingerprint density at radius 1 is 0.938 bits per heavy atom. The molecule has 5 heteroatoms. The number of nitrogens with one attached hydrogen (secondary N) is 1. The highest BCUT2D eigenvalue weighted by atomic mass is 16.5. The molecular weight excluding hydrogens is 400 g/mol. The number of anilines is 1. The normalized spacial score (nSPS) is 12.5. The Hall–Kier alpha value is -3.60. The molecule has 2 unspecified atom stereocenters. The van der Waals surface area contributed by atoms with E-state index in [1.54, 1.807) is 6.92 Å². The fourth-order valence-corrected chi connectivity index (χ4v) is 3.62. The molecule has 166 valence electrons. The van der Waals surface area contributed by atoms with Crippen LogP contribution in [0, 0.1) is 6.92 Å². The van der Waals surface area contributed by atoms with Gasteiger partial charge in [0, 0.05) is 19.2 Å². The van der Waals surface area contributed by atoms with Crippen LogP contribution >= 0.6 is 0 Å². The van der Waals surface area contributed by atoms with Crippen LogP contribution in [-0.4, -0.2) is 22.8 Å². The van der Waals surface area contributed by atoms with Gasteiger partial charge in [-0.3, -0.25) is 9.59 Å². The molecule has 0 aromatic heterocycles. The van der Waals surface area contributed by atoms with E-state index in [0.29, 0.717) is 18.0 Å². The number of rotatable bonds is 8. The minimum Gasteiger partial charge on any atom is -0.481 e. The van der Waals surface area contributed by atoms with Crippen molar-refractivity contribution in [3.63, 3.8) is 0 Å². The molecule has 0 spiro atoms. The SMILES string of the molecule is CC(=O)Nc1cccc(C(C)N(Cc2ccccc2)C(=O)C(C)Oc2cccc(C)c2)c1. The minimum absolute atomic E-state index is 0.104. The van der Waals surface area contributed by atoms with Gasteiger partial charge >= 0.3 is 0 Å². The molecule has 0 saturated heterocycles. The van der Waals surface area contributed by atoms with Crippen LogP contribution in [-0.2, 0) is 16.1 Å². The number of hydrogen-bond acceptors (Lipinski definition) is 3. The highest BCUT2D eigenvalue weighted by Gasteiger charge is 2.27. The van der Waals surface area contributed by atoms with Crippen molar-refractivity contribution in [3.05, 3.63) is 95.6 Å². The zero-order valence-corrected chi connectivity index (χ0v) is 19.0. The summed E-state index contributed by atoms with van der Waals surface area (Å²) in [6, 6.07) is 25.0. The van der Waals surface area contributed by atoms with Crippen molar-refractivity contribution in [2.75, 3.05) is 5.32 Å². The van der Waals surface area contributed by atoms with Crippen molar-refractivity contribution < 1.29 is 14.3 Å². The molecule has 2 amide bonds. The molecule has 0 heterocycles. The average Bonchev–Trinajstić information content (AvgIpc) is 2.77. The van der Waals surface area contributed by atoms with Crippen LogP contribution in [0.2, 0.25) is 0 Å². The first-order valence-electron chi connectivity index (χ1n) is 10.8. The number of benzene rings is 3. The standard InChI is InChI=1S/C27H30N2O3/c1-19-10-8-15-26(16-19)32-21(3)27(31)29(18-23-11-6-5-7-12-23)20(2)24-13-9-14-25(17-24)28-22(4)30/h5-17,20-21H,18H2,1-4H3,(H,28,30). The molecule has 0 fully saturated rings. The molecule has 3 aromatic carbocycles. The van der Waals surface area contributed by atoms with Crippen LogP contribution in [0.15, 0.2) is 78.9 Å². The topological polar surface area (TPSA) is 58.6 Å². The number of hydrogen-bond donors (Lipinski definition) is 1. The highest BCUT2D eigenvalue weighted by Crippen LogP contribution is 2.26. The minimum atomic E-state index is -0.651. The predicted octanol–water partition coefficient (Wildman–Crippen LogP) is 5.51. The van der Waals surface area contributed by atoms with Crippen molar-refractivity contribution in [2.24, 2.45) is 0 Å². The van der Waals surface area contributed by atoms with Crippen LogP contribution < -0.4 is 10.1 Å². The maximum Gasteiger partial charge on any atom is 0.264 e. The number of aryl methyl sites for hydroxylation is 1. The molecular formula is C27H30N2O3. The van der Waals surface area contributed by atoms with Gasteiger partial charge in [0.1, 0.15) is 5.75 Å². The third-order valence-corrected chi connectivity index (χ3v) is 5.29. The van der Waals surface area contributed by atoms with Crippen LogP contribution in [0.25, 0.3) is 0 Å². The number of carbonyl (C=O) groups excluding carboxylic acids is 2. The molecule has 2 atom stereocenters. The van der Waals surface area contributed by atoms with Gasteiger partial charge in [-0.05, 0) is 61.7 Å². The second-order valence-corrected chi connectivity index (χ2v) is 8.01. The second-order valence-electron chi connectivity index (χ2n) is 8.01. The summed E-state index contributed by atoms with van der Waals surface area (Å²) in [5.41, 5.74) is 3.75. The summed E-state index contributed by atoms with van der Waals surface area (Å²) >= 11 is 0. The molecule has 3 aromatic rings. The van der Waals surface area contributed by atoms with Gasteiger partial charge in [0.25, 0.3) is 5.91 Å². The Kier molecular flexibility index (Phi) is 7.66. The first kappa shape index (κ1) is 23.1. The van der Waals surface area contributed by atoms with Gasteiger partial charge in [-0.25, -0.2) is 0 Å². The Morgan fingerprint density at radius 3 is 2.34 bits per heavy atom. The van der Waals surface area contributed by atoms with E-state index in [1.807, 2.05) is 97.6 Å². The van der Waals surface area contributed by atoms with E-state index in [1.165, 1.54) is 6.92 Å². The first-order chi connectivity index (χ1) is 15.3. The van der Waals surface area contributed by atoms with E-state index in [-0.39, 0.29) is 17.9 Å². The van der Waals surface area contributed by atoms with E-state index >= 15 is 0 Å². The van der Waals surface area contributed by atoms with E-state index in [2.05, 4.69) is 5.32 Å². The quantitative estimate of drug-likeness (QED) is 0.513. The monoisotopic (exact) mass is 430 g/mol. The zero-order chi connectivity index (χ0) is 23.1. The molecule has 0 bridgehead atoms. The van der Waals surface area contributed by atoms with Crippen LogP contribution in [0.1, 0.15) is 43.5 Å². The molecule has 0 saturated carbocycles. The lowest BCUT2D eigenvalue weighted by Crippen LogP contribution is -2.41. The van der Waals surface area contributed by atoms with Gasteiger partial charge in [0.15, 0.2) is 6.10 Å². The lowest BCUT2D eigenvalue weighted by atomic mass is 10.0. The van der Waals surface area contributed by atoms with Crippen molar-refractivity contribution in [2.45, 2.75) is 46.4 Å². The molecule has 5 nitrogen and oxygen atoms in total. The van der Waals surface area contributed by atoms with Gasteiger partial charge in [0.2, 0.25) is 5.91 Å². The van der Waals surface area contributed by atoms with Crippen LogP contribution in [0.5, 0.6) is 5.75 Å². The molecule has 0 aliphatic heterocycles. The molecule has 0 aliphatic carbocycles. The van der Waals surface area contributed by atoms with Gasteiger partial charge in [-0.1, -0.05) is 54.6 Å². The summed E-state index contributed by atoms with van der Waals surface area (Å²) in [4.78, 5) is 26.8. The Labute approximate surface area is 190 Å². The lowest BCUT2D eigenvalue weighted by Gasteiger charge is -2.32. The first-order valence-corrected chi connectivity index (χ1v) is 10.8. The summed E-state index contributed by atoms with van der Waals surface area (Å²) in [7, 11) is 0. The van der Waals surface area contributed by atoms with Crippen LogP contribution in [0.4, 0.5) is 5.69 Å². The predicted molar refractivity (Wildman–Crippen MR) is 127 cm³/mol. The second kappa shape index (κ2) is 10.6. The largest absolute Gasteiger partial charge is 0.481 e. The number of carbonyl (C=O) groups is 2. The third kappa shape index (κ3) is 6.20. The van der Waals surface area contributed by atoms with Crippen molar-refractivity contribution in [1.29, 1.82) is 0 Å². The maximum absolute atomic E-state index is 13.5. The lowest BCUT2D eigenvalue weighted by molar-refractivity contribution is -0.141. The number of ether oxygens (including phenoxy) is 1. The van der Waals surface area contributed by atoms with Gasteiger partial charge in [-0.2, -0.15) is 0 Å². The molecule has 0 aliphatic rings. The smallest absolute Gasteiger partial charge is 0.264 e. The van der Waals surface area contributed by atoms with Gasteiger partial charge < -0.3 is 15.0 Å². The Balaban J connectivity index is 1.87. The van der Waals surface area contributed by atoms with E-state index in [9.17, 15) is 9.59 Å². The van der Waals surface area contributed by atoms with Crippen molar-refractivity contribution >= 4 is 17.5 Å². The molecule has 32 heavy (non-hydrogen) atoms. The van der Waals surface area contributed by atoms with Gasteiger partial charge in [-0.15, -0.1) is 0 Å². The summed E-state index contributed by atoms with van der Waals surface area (Å²) < 4.78 is 5.99.